The van der Waals surface area contributed by atoms with Crippen molar-refractivity contribution in [1.82, 2.24) is 0 Å². The van der Waals surface area contributed by atoms with Crippen LogP contribution in [0.5, 0.6) is 0 Å². The van der Waals surface area contributed by atoms with Gasteiger partial charge in [0.05, 0.1) is 25.2 Å². The van der Waals surface area contributed by atoms with E-state index in [-0.39, 0.29) is 11.7 Å². The molecular formula is C13H16FNO2. The molecule has 1 unspecified atom stereocenters. The first-order chi connectivity index (χ1) is 8.27. The summed E-state index contributed by atoms with van der Waals surface area (Å²) in [6.07, 6.45) is 0.603. The quantitative estimate of drug-likeness (QED) is 0.684. The van der Waals surface area contributed by atoms with Gasteiger partial charge in [0.2, 0.25) is 0 Å². The molecule has 0 aromatic heterocycles. The molecule has 0 aliphatic heterocycles. The SMILES string of the molecule is COCCOCCC(C#N)c1ccc(F)cc1. The van der Waals surface area contributed by atoms with Crippen molar-refractivity contribution in [3.05, 3.63) is 35.6 Å². The Morgan fingerprint density at radius 3 is 2.53 bits per heavy atom. The molecule has 4 heteroatoms. The fourth-order valence-corrected chi connectivity index (χ4v) is 1.45. The van der Waals surface area contributed by atoms with E-state index in [9.17, 15) is 4.39 Å². The Hall–Kier alpha value is -1.44. The number of halogens is 1. The van der Waals surface area contributed by atoms with Gasteiger partial charge in [0.1, 0.15) is 5.82 Å². The van der Waals surface area contributed by atoms with Crippen molar-refractivity contribution in [3.8, 4) is 6.07 Å². The molecule has 1 aromatic carbocycles. The van der Waals surface area contributed by atoms with Crippen molar-refractivity contribution < 1.29 is 13.9 Å². The first-order valence-corrected chi connectivity index (χ1v) is 5.49. The van der Waals surface area contributed by atoms with Crippen molar-refractivity contribution in [2.75, 3.05) is 26.9 Å². The van der Waals surface area contributed by atoms with E-state index in [4.69, 9.17) is 14.7 Å². The van der Waals surface area contributed by atoms with Crippen molar-refractivity contribution in [2.24, 2.45) is 0 Å². The predicted octanol–water partition coefficient (Wildman–Crippen LogP) is 2.49. The van der Waals surface area contributed by atoms with E-state index in [2.05, 4.69) is 6.07 Å². The molecule has 1 atom stereocenters. The second-order valence-electron chi connectivity index (χ2n) is 3.63. The van der Waals surface area contributed by atoms with Crippen LogP contribution >= 0.6 is 0 Å². The van der Waals surface area contributed by atoms with Crippen molar-refractivity contribution in [2.45, 2.75) is 12.3 Å². The summed E-state index contributed by atoms with van der Waals surface area (Å²) >= 11 is 0. The molecule has 0 N–H and O–H groups in total. The number of methoxy groups -OCH3 is 1. The Bertz CT molecular complexity index is 359. The number of hydrogen-bond donors (Lipinski definition) is 0. The topological polar surface area (TPSA) is 42.2 Å². The Kier molecular flexibility index (Phi) is 6.23. The van der Waals surface area contributed by atoms with Crippen LogP contribution in [0.2, 0.25) is 0 Å². The van der Waals surface area contributed by atoms with Gasteiger partial charge in [-0.25, -0.2) is 4.39 Å². The molecule has 1 aromatic rings. The molecule has 0 radical (unpaired) electrons. The second-order valence-corrected chi connectivity index (χ2v) is 3.63. The van der Waals surface area contributed by atoms with E-state index in [1.54, 1.807) is 19.2 Å². The summed E-state index contributed by atoms with van der Waals surface area (Å²) in [7, 11) is 1.61. The average molecular weight is 237 g/mol. The van der Waals surface area contributed by atoms with Crippen LogP contribution in [0.1, 0.15) is 17.9 Å². The highest BCUT2D eigenvalue weighted by atomic mass is 19.1. The molecule has 17 heavy (non-hydrogen) atoms. The zero-order chi connectivity index (χ0) is 12.5. The molecule has 0 aliphatic carbocycles. The minimum absolute atomic E-state index is 0.252. The molecule has 0 heterocycles. The van der Waals surface area contributed by atoms with Crippen molar-refractivity contribution in [1.29, 1.82) is 5.26 Å². The molecule has 1 rings (SSSR count). The van der Waals surface area contributed by atoms with E-state index in [0.29, 0.717) is 26.2 Å². The number of hydrogen-bond acceptors (Lipinski definition) is 3. The summed E-state index contributed by atoms with van der Waals surface area (Å²) in [4.78, 5) is 0. The van der Waals surface area contributed by atoms with Gasteiger partial charge in [0, 0.05) is 13.7 Å². The van der Waals surface area contributed by atoms with Crippen molar-refractivity contribution in [3.63, 3.8) is 0 Å². The van der Waals surface area contributed by atoms with E-state index in [1.165, 1.54) is 12.1 Å². The van der Waals surface area contributed by atoms with Crippen LogP contribution in [0.4, 0.5) is 4.39 Å². The van der Waals surface area contributed by atoms with Crippen molar-refractivity contribution >= 4 is 0 Å². The average Bonchev–Trinajstić information content (AvgIpc) is 2.35. The molecule has 0 bridgehead atoms. The summed E-state index contributed by atoms with van der Waals surface area (Å²) in [5, 5.41) is 9.03. The van der Waals surface area contributed by atoms with Crippen LogP contribution in [0.25, 0.3) is 0 Å². The number of ether oxygens (including phenoxy) is 2. The largest absolute Gasteiger partial charge is 0.382 e. The van der Waals surface area contributed by atoms with Crippen LogP contribution < -0.4 is 0 Å². The first kappa shape index (κ1) is 13.6. The minimum atomic E-state index is -0.290. The predicted molar refractivity (Wildman–Crippen MR) is 62.1 cm³/mol. The van der Waals surface area contributed by atoms with E-state index >= 15 is 0 Å². The third-order valence-corrected chi connectivity index (χ3v) is 2.41. The smallest absolute Gasteiger partial charge is 0.123 e. The molecule has 0 amide bonds. The van der Waals surface area contributed by atoms with Gasteiger partial charge < -0.3 is 9.47 Å². The maximum atomic E-state index is 12.7. The molecule has 0 spiro atoms. The molecule has 3 nitrogen and oxygen atoms in total. The van der Waals surface area contributed by atoms with E-state index in [0.717, 1.165) is 5.56 Å². The standard InChI is InChI=1S/C13H16FNO2/c1-16-8-9-17-7-6-12(10-15)11-2-4-13(14)5-3-11/h2-5,12H,6-9H2,1H3. The molecule has 92 valence electrons. The van der Waals surface area contributed by atoms with Gasteiger partial charge >= 0.3 is 0 Å². The van der Waals surface area contributed by atoms with Crippen LogP contribution in [0.3, 0.4) is 0 Å². The number of rotatable bonds is 7. The molecular weight excluding hydrogens is 221 g/mol. The maximum Gasteiger partial charge on any atom is 0.123 e. The Morgan fingerprint density at radius 2 is 1.94 bits per heavy atom. The number of nitriles is 1. The highest BCUT2D eigenvalue weighted by Crippen LogP contribution is 2.19. The van der Waals surface area contributed by atoms with E-state index < -0.39 is 0 Å². The van der Waals surface area contributed by atoms with Crippen LogP contribution in [-0.2, 0) is 9.47 Å². The fraction of sp³-hybridized carbons (Fsp3) is 0.462. The molecule has 0 fully saturated rings. The van der Waals surface area contributed by atoms with Gasteiger partial charge in [-0.15, -0.1) is 0 Å². The Labute approximate surface area is 101 Å². The van der Waals surface area contributed by atoms with Gasteiger partial charge in [-0.05, 0) is 24.1 Å². The number of benzene rings is 1. The van der Waals surface area contributed by atoms with Gasteiger partial charge in [-0.3, -0.25) is 0 Å². The normalized spacial score (nSPS) is 12.1. The highest BCUT2D eigenvalue weighted by molar-refractivity contribution is 5.25. The maximum absolute atomic E-state index is 12.7. The lowest BCUT2D eigenvalue weighted by molar-refractivity contribution is 0.0685. The highest BCUT2D eigenvalue weighted by Gasteiger charge is 2.10. The van der Waals surface area contributed by atoms with E-state index in [1.807, 2.05) is 0 Å². The summed E-state index contributed by atoms with van der Waals surface area (Å²) < 4.78 is 22.9. The lowest BCUT2D eigenvalue weighted by atomic mass is 9.98. The molecule has 0 aliphatic rings. The van der Waals surface area contributed by atoms with Gasteiger partial charge in [-0.2, -0.15) is 5.26 Å². The summed E-state index contributed by atoms with van der Waals surface area (Å²) in [5.74, 6) is -0.542. The molecule has 0 saturated carbocycles. The van der Waals surface area contributed by atoms with Crippen LogP contribution in [0, 0.1) is 17.1 Å². The lowest BCUT2D eigenvalue weighted by Gasteiger charge is -2.09. The van der Waals surface area contributed by atoms with Gasteiger partial charge in [-0.1, -0.05) is 12.1 Å². The first-order valence-electron chi connectivity index (χ1n) is 5.49. The third-order valence-electron chi connectivity index (χ3n) is 2.41. The Morgan fingerprint density at radius 1 is 1.24 bits per heavy atom. The lowest BCUT2D eigenvalue weighted by Crippen LogP contribution is -2.06. The zero-order valence-electron chi connectivity index (χ0n) is 9.86. The zero-order valence-corrected chi connectivity index (χ0v) is 9.86. The minimum Gasteiger partial charge on any atom is -0.382 e. The second kappa shape index (κ2) is 7.77. The Balaban J connectivity index is 2.39. The fourth-order valence-electron chi connectivity index (χ4n) is 1.45. The van der Waals surface area contributed by atoms with Gasteiger partial charge in [0.15, 0.2) is 0 Å². The van der Waals surface area contributed by atoms with Crippen LogP contribution in [0.15, 0.2) is 24.3 Å². The summed E-state index contributed by atoms with van der Waals surface area (Å²) in [6, 6.07) is 8.20. The molecule has 0 saturated heterocycles. The summed E-state index contributed by atoms with van der Waals surface area (Å²) in [5.41, 5.74) is 0.823. The monoisotopic (exact) mass is 237 g/mol. The number of nitrogens with zero attached hydrogens (tertiary/aromatic N) is 1. The van der Waals surface area contributed by atoms with Crippen LogP contribution in [-0.4, -0.2) is 26.9 Å². The van der Waals surface area contributed by atoms with Gasteiger partial charge in [0.25, 0.3) is 0 Å². The summed E-state index contributed by atoms with van der Waals surface area (Å²) in [6.45, 7) is 1.57. The third kappa shape index (κ3) is 4.94.